The van der Waals surface area contributed by atoms with Crippen LogP contribution in [0.1, 0.15) is 23.2 Å². The quantitative estimate of drug-likeness (QED) is 0.267. The minimum absolute atomic E-state index is 0.168. The minimum Gasteiger partial charge on any atom is -0.382 e. The van der Waals surface area contributed by atoms with Crippen molar-refractivity contribution in [3.05, 3.63) is 96.0 Å². The van der Waals surface area contributed by atoms with Crippen molar-refractivity contribution < 1.29 is 9.00 Å². The van der Waals surface area contributed by atoms with Crippen LogP contribution in [0.25, 0.3) is 22.2 Å². The van der Waals surface area contributed by atoms with Crippen molar-refractivity contribution in [2.24, 2.45) is 0 Å². The first-order chi connectivity index (χ1) is 17.5. The van der Waals surface area contributed by atoms with E-state index in [1.165, 1.54) is 6.08 Å². The molecule has 1 aromatic heterocycles. The maximum Gasteiger partial charge on any atom is 0.254 e. The number of allylic oxidation sites excluding steroid dienone is 1. The van der Waals surface area contributed by atoms with Crippen LogP contribution in [0.3, 0.4) is 0 Å². The lowest BCUT2D eigenvalue weighted by molar-refractivity contribution is 0.0976. The number of anilines is 2. The number of aromatic nitrogens is 1. The highest BCUT2D eigenvalue weighted by Crippen LogP contribution is 2.34. The summed E-state index contributed by atoms with van der Waals surface area (Å²) in [5, 5.41) is 8.73. The molecule has 2 N–H and O–H groups in total. The number of carbonyl (C=O) groups excluding carboxylic acids is 1. The van der Waals surface area contributed by atoms with Crippen molar-refractivity contribution in [1.82, 2.24) is 4.57 Å². The van der Waals surface area contributed by atoms with Crippen molar-refractivity contribution in [3.8, 4) is 11.3 Å². The number of rotatable bonds is 7. The maximum atomic E-state index is 12.9. The molecule has 3 aromatic carbocycles. The Morgan fingerprint density at radius 3 is 2.47 bits per heavy atom. The van der Waals surface area contributed by atoms with E-state index in [0.717, 1.165) is 63.4 Å². The van der Waals surface area contributed by atoms with E-state index in [4.69, 9.17) is 11.6 Å². The van der Waals surface area contributed by atoms with E-state index in [1.807, 2.05) is 54.6 Å². The summed E-state index contributed by atoms with van der Waals surface area (Å²) >= 11 is 5.97. The summed E-state index contributed by atoms with van der Waals surface area (Å²) in [5.74, 6) is 1.29. The first-order valence-corrected chi connectivity index (χ1v) is 13.9. The third-order valence-electron chi connectivity index (χ3n) is 6.58. The summed E-state index contributed by atoms with van der Waals surface area (Å²) in [6.45, 7) is 4.40. The molecule has 4 aromatic rings. The van der Waals surface area contributed by atoms with E-state index in [-0.39, 0.29) is 11.9 Å². The van der Waals surface area contributed by atoms with Crippen molar-refractivity contribution in [3.63, 3.8) is 0 Å². The van der Waals surface area contributed by atoms with Gasteiger partial charge < -0.3 is 10.6 Å². The zero-order valence-electron chi connectivity index (χ0n) is 19.9. The molecule has 0 spiro atoms. The van der Waals surface area contributed by atoms with Crippen molar-refractivity contribution >= 4 is 50.6 Å². The molecule has 2 heterocycles. The van der Waals surface area contributed by atoms with E-state index in [0.29, 0.717) is 11.6 Å². The molecule has 7 heteroatoms. The molecular formula is C29H28ClN3O2S. The van der Waals surface area contributed by atoms with Crippen molar-refractivity contribution in [2.75, 3.05) is 22.1 Å². The lowest BCUT2D eigenvalue weighted by Gasteiger charge is -2.24. The molecule has 0 amide bonds. The number of fused-ring (bicyclic) bond motifs is 1. The first-order valence-electron chi connectivity index (χ1n) is 12.0. The first kappa shape index (κ1) is 24.3. The molecule has 1 fully saturated rings. The molecule has 184 valence electrons. The average molecular weight is 518 g/mol. The monoisotopic (exact) mass is 517 g/mol. The van der Waals surface area contributed by atoms with E-state index < -0.39 is 10.8 Å². The topological polar surface area (TPSA) is 63.1 Å². The summed E-state index contributed by atoms with van der Waals surface area (Å²) in [6.07, 6.45) is 3.12. The number of benzene rings is 3. The van der Waals surface area contributed by atoms with Gasteiger partial charge in [-0.3, -0.25) is 13.6 Å². The molecule has 0 saturated carbocycles. The van der Waals surface area contributed by atoms with Crippen molar-refractivity contribution in [2.45, 2.75) is 25.4 Å². The van der Waals surface area contributed by atoms with Gasteiger partial charge in [-0.15, -0.1) is 0 Å². The molecule has 0 bridgehead atoms. The zero-order chi connectivity index (χ0) is 25.1. The van der Waals surface area contributed by atoms with Gasteiger partial charge in [0.05, 0.1) is 11.2 Å². The van der Waals surface area contributed by atoms with E-state index in [2.05, 4.69) is 35.4 Å². The standard InChI is InChI=1S/C29H28ClN3O2S/c1-2-29(34)33-27-5-3-4-26(32-24-14-16-36(35)17-15-24)25(27)18-28(33)21-8-6-20(7-9-21)19-31-23-12-10-22(30)11-13-23/h2-13,18,24,31-32H,1,14-17,19H2. The van der Waals surface area contributed by atoms with Crippen LogP contribution < -0.4 is 10.6 Å². The fraction of sp³-hybridized carbons (Fsp3) is 0.207. The highest BCUT2D eigenvalue weighted by Gasteiger charge is 2.21. The second-order valence-electron chi connectivity index (χ2n) is 8.97. The van der Waals surface area contributed by atoms with Crippen LogP contribution in [0.5, 0.6) is 0 Å². The summed E-state index contributed by atoms with van der Waals surface area (Å²) < 4.78 is 13.5. The number of hydrogen-bond acceptors (Lipinski definition) is 4. The second kappa shape index (κ2) is 10.7. The number of carbonyl (C=O) groups is 1. The van der Waals surface area contributed by atoms with Crippen molar-refractivity contribution in [1.29, 1.82) is 0 Å². The molecule has 36 heavy (non-hydrogen) atoms. The highest BCUT2D eigenvalue weighted by molar-refractivity contribution is 7.85. The van der Waals surface area contributed by atoms with E-state index in [1.54, 1.807) is 4.57 Å². The number of hydrogen-bond donors (Lipinski definition) is 2. The summed E-state index contributed by atoms with van der Waals surface area (Å²) in [4.78, 5) is 12.9. The molecule has 1 saturated heterocycles. The Kier molecular flexibility index (Phi) is 7.25. The molecule has 0 radical (unpaired) electrons. The van der Waals surface area contributed by atoms with Crippen LogP contribution in [0, 0.1) is 0 Å². The molecule has 0 aliphatic carbocycles. The fourth-order valence-electron chi connectivity index (χ4n) is 4.62. The lowest BCUT2D eigenvalue weighted by atomic mass is 10.1. The third kappa shape index (κ3) is 5.25. The van der Waals surface area contributed by atoms with Gasteiger partial charge in [0.2, 0.25) is 0 Å². The molecule has 0 atom stereocenters. The summed E-state index contributed by atoms with van der Waals surface area (Å²) in [7, 11) is -0.703. The molecule has 1 aliphatic rings. The van der Waals surface area contributed by atoms with Gasteiger partial charge in [0.1, 0.15) is 0 Å². The van der Waals surface area contributed by atoms with Gasteiger partial charge in [-0.1, -0.05) is 48.5 Å². The number of halogens is 1. The fourth-order valence-corrected chi connectivity index (χ4v) is 6.05. The molecular weight excluding hydrogens is 490 g/mol. The van der Waals surface area contributed by atoms with Gasteiger partial charge in [0.25, 0.3) is 5.91 Å². The highest BCUT2D eigenvalue weighted by atomic mass is 35.5. The molecule has 1 aliphatic heterocycles. The van der Waals surface area contributed by atoms with Gasteiger partial charge in [-0.2, -0.15) is 0 Å². The van der Waals surface area contributed by atoms with E-state index >= 15 is 0 Å². The second-order valence-corrected chi connectivity index (χ2v) is 11.1. The minimum atomic E-state index is -0.703. The number of nitrogens with zero attached hydrogens (tertiary/aromatic N) is 1. The van der Waals surface area contributed by atoms with Crippen LogP contribution in [-0.2, 0) is 17.3 Å². The lowest BCUT2D eigenvalue weighted by Crippen LogP contribution is -2.29. The SMILES string of the molecule is C=CC(=O)n1c(-c2ccc(CNc3ccc(Cl)cc3)cc2)cc2c(NC3CCS(=O)CC3)cccc21. The van der Waals surface area contributed by atoms with Gasteiger partial charge in [0, 0.05) is 56.7 Å². The van der Waals surface area contributed by atoms with Gasteiger partial charge >= 0.3 is 0 Å². The Morgan fingerprint density at radius 2 is 1.78 bits per heavy atom. The van der Waals surface area contributed by atoms with Crippen LogP contribution in [-0.4, -0.2) is 32.2 Å². The van der Waals surface area contributed by atoms with Gasteiger partial charge in [-0.25, -0.2) is 0 Å². The predicted molar refractivity (Wildman–Crippen MR) is 151 cm³/mol. The largest absolute Gasteiger partial charge is 0.382 e. The predicted octanol–water partition coefficient (Wildman–Crippen LogP) is 6.72. The summed E-state index contributed by atoms with van der Waals surface area (Å²) in [6, 6.07) is 24.2. The smallest absolute Gasteiger partial charge is 0.254 e. The average Bonchev–Trinajstić information content (AvgIpc) is 3.30. The Balaban J connectivity index is 1.43. The molecule has 0 unspecified atom stereocenters. The van der Waals surface area contributed by atoms with Crippen LogP contribution in [0.4, 0.5) is 11.4 Å². The Hall–Kier alpha value is -3.35. The molecule has 5 nitrogen and oxygen atoms in total. The zero-order valence-corrected chi connectivity index (χ0v) is 21.4. The Bertz CT molecular complexity index is 1420. The normalized spacial score (nSPS) is 17.6. The summed E-state index contributed by atoms with van der Waals surface area (Å²) in [5.41, 5.74) is 5.74. The van der Waals surface area contributed by atoms with E-state index in [9.17, 15) is 9.00 Å². The number of nitrogens with one attached hydrogen (secondary N) is 2. The van der Waals surface area contributed by atoms with Gasteiger partial charge in [-0.05, 0) is 72.5 Å². The molecule has 5 rings (SSSR count). The van der Waals surface area contributed by atoms with Gasteiger partial charge in [0.15, 0.2) is 0 Å². The van der Waals surface area contributed by atoms with Crippen LogP contribution in [0.2, 0.25) is 5.02 Å². The Labute approximate surface area is 218 Å². The third-order valence-corrected chi connectivity index (χ3v) is 8.21. The van der Waals surface area contributed by atoms with Crippen LogP contribution in [0.15, 0.2) is 85.5 Å². The maximum absolute atomic E-state index is 12.9. The Morgan fingerprint density at radius 1 is 1.06 bits per heavy atom. The van der Waals surface area contributed by atoms with Crippen LogP contribution >= 0.6 is 11.6 Å².